The smallest absolute Gasteiger partial charge is 0.309 e. The van der Waals surface area contributed by atoms with E-state index in [2.05, 4.69) is 12.2 Å². The molecule has 0 saturated carbocycles. The molecule has 1 nitrogen and oxygen atoms in total. The highest BCUT2D eigenvalue weighted by molar-refractivity contribution is 8.00. The molecule has 1 aromatic rings. The molecule has 0 radical (unpaired) electrons. The summed E-state index contributed by atoms with van der Waals surface area (Å²) >= 11 is -0.0255. The van der Waals surface area contributed by atoms with Crippen molar-refractivity contribution in [1.29, 1.82) is 0 Å². The lowest BCUT2D eigenvalue weighted by atomic mass is 10.0. The number of thioether (sulfide) groups is 1. The molecule has 1 rings (SSSR count). The Kier molecular flexibility index (Phi) is 7.37. The average Bonchev–Trinajstić information content (AvgIpc) is 2.38. The molecule has 114 valence electrons. The van der Waals surface area contributed by atoms with Crippen LogP contribution in [0.4, 0.5) is 17.6 Å². The molecule has 20 heavy (non-hydrogen) atoms. The Balaban J connectivity index is 2.49. The largest absolute Gasteiger partial charge is 0.441 e. The molecule has 1 aromatic carbocycles. The summed E-state index contributed by atoms with van der Waals surface area (Å²) < 4.78 is 49.0. The van der Waals surface area contributed by atoms with Crippen LogP contribution < -0.4 is 5.32 Å². The van der Waals surface area contributed by atoms with E-state index in [1.807, 2.05) is 0 Å². The maximum Gasteiger partial charge on any atom is 0.441 e. The number of hydrogen-bond acceptors (Lipinski definition) is 2. The van der Waals surface area contributed by atoms with E-state index < -0.39 is 5.51 Å². The van der Waals surface area contributed by atoms with Crippen molar-refractivity contribution >= 4 is 11.8 Å². The topological polar surface area (TPSA) is 12.0 Å². The van der Waals surface area contributed by atoms with Crippen LogP contribution in [0.25, 0.3) is 0 Å². The molecule has 1 N–H and O–H groups in total. The van der Waals surface area contributed by atoms with E-state index in [-0.39, 0.29) is 35.9 Å². The number of unbranched alkanes of at least 4 members (excludes halogenated alkanes) is 1. The number of alkyl halides is 3. The number of hydrogen-bond donors (Lipinski definition) is 1. The summed E-state index contributed by atoms with van der Waals surface area (Å²) in [6, 6.07) is 6.09. The predicted octanol–water partition coefficient (Wildman–Crippen LogP) is 4.90. The van der Waals surface area contributed by atoms with Crippen LogP contribution in [0.2, 0.25) is 0 Å². The van der Waals surface area contributed by atoms with E-state index >= 15 is 0 Å². The van der Waals surface area contributed by atoms with E-state index in [4.69, 9.17) is 0 Å². The van der Waals surface area contributed by atoms with Crippen molar-refractivity contribution in [3.8, 4) is 0 Å². The Morgan fingerprint density at radius 2 is 1.85 bits per heavy atom. The van der Waals surface area contributed by atoms with Crippen molar-refractivity contribution in [3.63, 3.8) is 0 Å². The van der Waals surface area contributed by atoms with Crippen molar-refractivity contribution in [2.24, 2.45) is 0 Å². The van der Waals surface area contributed by atoms with Gasteiger partial charge in [0.2, 0.25) is 0 Å². The molecule has 0 fully saturated rings. The van der Waals surface area contributed by atoms with E-state index in [1.54, 1.807) is 12.1 Å². The fraction of sp³-hybridized carbons (Fsp3) is 0.571. The summed E-state index contributed by atoms with van der Waals surface area (Å²) in [5.41, 5.74) is -3.27. The number of benzene rings is 1. The quantitative estimate of drug-likeness (QED) is 0.541. The summed E-state index contributed by atoms with van der Waals surface area (Å²) in [4.78, 5) is 0. The maximum atomic E-state index is 12.9. The van der Waals surface area contributed by atoms with Crippen LogP contribution in [0.1, 0.15) is 37.8 Å². The predicted molar refractivity (Wildman–Crippen MR) is 75.2 cm³/mol. The third-order valence-corrected chi connectivity index (χ3v) is 3.61. The normalized spacial score (nSPS) is 13.4. The molecule has 0 heterocycles. The van der Waals surface area contributed by atoms with Crippen LogP contribution in [-0.2, 0) is 0 Å². The van der Waals surface area contributed by atoms with Gasteiger partial charge in [0.1, 0.15) is 5.82 Å². The minimum atomic E-state index is -4.18. The molecule has 0 aliphatic heterocycles. The summed E-state index contributed by atoms with van der Waals surface area (Å²) in [5, 5.41) is 3.12. The summed E-state index contributed by atoms with van der Waals surface area (Å²) in [5.74, 6) is -0.330. The Hall–Kier alpha value is -0.750. The first kappa shape index (κ1) is 17.3. The van der Waals surface area contributed by atoms with Gasteiger partial charge in [-0.25, -0.2) is 4.39 Å². The van der Waals surface area contributed by atoms with Gasteiger partial charge in [0.25, 0.3) is 0 Å². The second-order valence-electron chi connectivity index (χ2n) is 4.49. The van der Waals surface area contributed by atoms with Crippen LogP contribution in [-0.4, -0.2) is 17.8 Å². The summed E-state index contributed by atoms with van der Waals surface area (Å²) in [7, 11) is 0. The van der Waals surface area contributed by atoms with Crippen LogP contribution in [0.5, 0.6) is 0 Å². The van der Waals surface area contributed by atoms with Gasteiger partial charge in [-0.05, 0) is 35.9 Å². The van der Waals surface area contributed by atoms with Crippen molar-refractivity contribution < 1.29 is 17.6 Å². The minimum absolute atomic E-state index is 0.0205. The molecule has 0 spiro atoms. The highest BCUT2D eigenvalue weighted by Gasteiger charge is 2.27. The number of halogens is 4. The monoisotopic (exact) mass is 309 g/mol. The molecule has 1 atom stereocenters. The van der Waals surface area contributed by atoms with Crippen LogP contribution in [0, 0.1) is 5.82 Å². The fourth-order valence-corrected chi connectivity index (χ4v) is 2.34. The second-order valence-corrected chi connectivity index (χ2v) is 5.65. The Bertz CT molecular complexity index is 378. The first-order chi connectivity index (χ1) is 9.42. The van der Waals surface area contributed by atoms with Crippen LogP contribution in [0.3, 0.4) is 0 Å². The molecule has 0 aromatic heterocycles. The zero-order valence-electron chi connectivity index (χ0n) is 11.3. The average molecular weight is 309 g/mol. The first-order valence-electron chi connectivity index (χ1n) is 6.62. The highest BCUT2D eigenvalue weighted by Crippen LogP contribution is 2.29. The fourth-order valence-electron chi connectivity index (χ4n) is 1.89. The molecule has 0 aliphatic carbocycles. The van der Waals surface area contributed by atoms with Gasteiger partial charge < -0.3 is 5.32 Å². The van der Waals surface area contributed by atoms with Gasteiger partial charge in [-0.15, -0.1) is 0 Å². The van der Waals surface area contributed by atoms with Gasteiger partial charge in [-0.2, -0.15) is 13.2 Å². The maximum absolute atomic E-state index is 12.9. The molecule has 0 bridgehead atoms. The van der Waals surface area contributed by atoms with Gasteiger partial charge in [0.05, 0.1) is 0 Å². The zero-order chi connectivity index (χ0) is 15.0. The van der Waals surface area contributed by atoms with Crippen molar-refractivity contribution in [3.05, 3.63) is 35.6 Å². The lowest BCUT2D eigenvalue weighted by molar-refractivity contribution is -0.0327. The SMILES string of the molecule is CCCCC(NCCSC(F)(F)F)c1ccc(F)cc1. The Morgan fingerprint density at radius 3 is 2.40 bits per heavy atom. The molecule has 1 unspecified atom stereocenters. The van der Waals surface area contributed by atoms with Crippen LogP contribution in [0.15, 0.2) is 24.3 Å². The molecule has 6 heteroatoms. The van der Waals surface area contributed by atoms with Gasteiger partial charge in [0.15, 0.2) is 0 Å². The van der Waals surface area contributed by atoms with Crippen LogP contribution >= 0.6 is 11.8 Å². The van der Waals surface area contributed by atoms with Crippen molar-refractivity contribution in [2.75, 3.05) is 12.3 Å². The highest BCUT2D eigenvalue weighted by atomic mass is 32.2. The molecular weight excluding hydrogens is 290 g/mol. The third-order valence-electron chi connectivity index (χ3n) is 2.88. The zero-order valence-corrected chi connectivity index (χ0v) is 12.2. The Labute approximate surface area is 121 Å². The van der Waals surface area contributed by atoms with Crippen molar-refractivity contribution in [2.45, 2.75) is 37.7 Å². The molecule has 0 amide bonds. The third kappa shape index (κ3) is 7.14. The second kappa shape index (κ2) is 8.52. The lowest BCUT2D eigenvalue weighted by Gasteiger charge is -2.19. The number of rotatable bonds is 8. The van der Waals surface area contributed by atoms with Crippen molar-refractivity contribution in [1.82, 2.24) is 5.32 Å². The molecule has 0 aliphatic rings. The first-order valence-corrected chi connectivity index (χ1v) is 7.60. The van der Waals surface area contributed by atoms with Gasteiger partial charge in [-0.3, -0.25) is 0 Å². The molecule has 0 saturated heterocycles. The van der Waals surface area contributed by atoms with E-state index in [9.17, 15) is 17.6 Å². The standard InChI is InChI=1S/C14H19F4NS/c1-2-3-4-13(11-5-7-12(15)8-6-11)19-9-10-20-14(16,17)18/h5-8,13,19H,2-4,9-10H2,1H3. The van der Waals surface area contributed by atoms with E-state index in [0.717, 1.165) is 24.8 Å². The Morgan fingerprint density at radius 1 is 1.20 bits per heavy atom. The molecular formula is C14H19F4NS. The van der Waals surface area contributed by atoms with E-state index in [1.165, 1.54) is 12.1 Å². The summed E-state index contributed by atoms with van der Waals surface area (Å²) in [6.45, 7) is 2.33. The number of nitrogens with one attached hydrogen (secondary N) is 1. The van der Waals surface area contributed by atoms with Gasteiger partial charge in [-0.1, -0.05) is 31.9 Å². The van der Waals surface area contributed by atoms with Gasteiger partial charge >= 0.3 is 5.51 Å². The summed E-state index contributed by atoms with van der Waals surface area (Å²) in [6.07, 6.45) is 2.82. The lowest BCUT2D eigenvalue weighted by Crippen LogP contribution is -2.24. The minimum Gasteiger partial charge on any atom is -0.309 e. The van der Waals surface area contributed by atoms with Gasteiger partial charge in [0, 0.05) is 18.3 Å². The van der Waals surface area contributed by atoms with E-state index in [0.29, 0.717) is 0 Å².